The third kappa shape index (κ3) is 3.78. The van der Waals surface area contributed by atoms with Gasteiger partial charge in [0.1, 0.15) is 5.75 Å². The van der Waals surface area contributed by atoms with E-state index in [9.17, 15) is 0 Å². The molecular weight excluding hydrogens is 332 g/mol. The molecule has 0 spiro atoms. The van der Waals surface area contributed by atoms with E-state index >= 15 is 0 Å². The first kappa shape index (κ1) is 16.7. The van der Waals surface area contributed by atoms with Crippen molar-refractivity contribution in [1.82, 2.24) is 4.90 Å². The first-order chi connectivity index (χ1) is 12.2. The first-order valence-electron chi connectivity index (χ1n) is 9.10. The Hall–Kier alpha value is -1.71. The Morgan fingerprint density at radius 2 is 1.80 bits per heavy atom. The number of piperazine rings is 1. The molecule has 2 aromatic carbocycles. The molecule has 2 fully saturated rings. The van der Waals surface area contributed by atoms with Gasteiger partial charge >= 0.3 is 0 Å². The number of halogens is 1. The summed E-state index contributed by atoms with van der Waals surface area (Å²) in [5.74, 6) is 2.37. The van der Waals surface area contributed by atoms with Crippen LogP contribution in [0.15, 0.2) is 48.5 Å². The summed E-state index contributed by atoms with van der Waals surface area (Å²) >= 11 is 6.14. The van der Waals surface area contributed by atoms with Gasteiger partial charge in [0, 0.05) is 44.5 Å². The zero-order chi connectivity index (χ0) is 17.2. The minimum absolute atomic E-state index is 0.672. The van der Waals surface area contributed by atoms with Crippen molar-refractivity contribution in [2.24, 2.45) is 5.92 Å². The molecule has 1 aliphatic carbocycles. The average molecular weight is 357 g/mol. The van der Waals surface area contributed by atoms with E-state index in [2.05, 4.69) is 46.2 Å². The van der Waals surface area contributed by atoms with Crippen LogP contribution in [0, 0.1) is 5.92 Å². The van der Waals surface area contributed by atoms with Crippen molar-refractivity contribution >= 4 is 17.3 Å². The Labute approximate surface area is 155 Å². The molecule has 1 saturated carbocycles. The van der Waals surface area contributed by atoms with Crippen molar-refractivity contribution in [2.45, 2.75) is 12.3 Å². The molecule has 132 valence electrons. The number of benzene rings is 2. The molecule has 25 heavy (non-hydrogen) atoms. The molecular formula is C21H25ClN2O. The normalized spacial score (nSPS) is 23.5. The maximum atomic E-state index is 6.14. The van der Waals surface area contributed by atoms with E-state index in [1.807, 2.05) is 12.1 Å². The second kappa shape index (κ2) is 7.27. The van der Waals surface area contributed by atoms with Crippen molar-refractivity contribution in [3.05, 3.63) is 59.1 Å². The molecule has 0 bridgehead atoms. The first-order valence-corrected chi connectivity index (χ1v) is 9.48. The number of methoxy groups -OCH3 is 1. The zero-order valence-corrected chi connectivity index (χ0v) is 15.5. The fourth-order valence-electron chi connectivity index (χ4n) is 3.92. The summed E-state index contributed by atoms with van der Waals surface area (Å²) < 4.78 is 5.34. The van der Waals surface area contributed by atoms with Crippen LogP contribution in [0.4, 0.5) is 5.69 Å². The number of hydrogen-bond donors (Lipinski definition) is 0. The highest BCUT2D eigenvalue weighted by Gasteiger charge is 2.39. The lowest BCUT2D eigenvalue weighted by Gasteiger charge is -2.36. The number of nitrogens with zero attached hydrogens (tertiary/aromatic N) is 2. The van der Waals surface area contributed by atoms with Crippen molar-refractivity contribution < 1.29 is 4.74 Å². The number of rotatable bonds is 5. The third-order valence-electron chi connectivity index (χ3n) is 5.52. The van der Waals surface area contributed by atoms with Gasteiger partial charge in [0.2, 0.25) is 0 Å². The molecule has 0 aromatic heterocycles. The van der Waals surface area contributed by atoms with E-state index in [1.165, 1.54) is 24.2 Å². The van der Waals surface area contributed by atoms with Gasteiger partial charge in [-0.2, -0.15) is 0 Å². The fraction of sp³-hybridized carbons (Fsp3) is 0.429. The van der Waals surface area contributed by atoms with E-state index < -0.39 is 0 Å². The molecule has 0 N–H and O–H groups in total. The maximum Gasteiger partial charge on any atom is 0.139 e. The standard InChI is InChI=1S/C21H25ClN2O/c1-25-21-14-18(7-8-20(21)22)24-11-9-23(10-12-24)15-17-13-19(17)16-5-3-2-4-6-16/h2-8,14,17,19H,9-13,15H2,1H3/t17-,19-/m0/s1. The number of hydrogen-bond acceptors (Lipinski definition) is 3. The van der Waals surface area contributed by atoms with Gasteiger partial charge in [-0.1, -0.05) is 41.9 Å². The quantitative estimate of drug-likeness (QED) is 0.795. The molecule has 4 rings (SSSR count). The van der Waals surface area contributed by atoms with Crippen LogP contribution in [0.2, 0.25) is 5.02 Å². The van der Waals surface area contributed by atoms with Crippen molar-refractivity contribution in [1.29, 1.82) is 0 Å². The van der Waals surface area contributed by atoms with Crippen LogP contribution in [-0.2, 0) is 0 Å². The Kier molecular flexibility index (Phi) is 4.87. The minimum Gasteiger partial charge on any atom is -0.495 e. The lowest BCUT2D eigenvalue weighted by atomic mass is 10.1. The smallest absolute Gasteiger partial charge is 0.139 e. The zero-order valence-electron chi connectivity index (χ0n) is 14.7. The summed E-state index contributed by atoms with van der Waals surface area (Å²) in [6.45, 7) is 5.62. The molecule has 2 aliphatic rings. The molecule has 0 radical (unpaired) electrons. The van der Waals surface area contributed by atoms with Crippen molar-refractivity contribution in [2.75, 3.05) is 44.7 Å². The lowest BCUT2D eigenvalue weighted by Crippen LogP contribution is -2.47. The van der Waals surface area contributed by atoms with E-state index in [1.54, 1.807) is 7.11 Å². The van der Waals surface area contributed by atoms with Crippen LogP contribution in [-0.4, -0.2) is 44.7 Å². The van der Waals surface area contributed by atoms with Crippen LogP contribution in [0.1, 0.15) is 17.9 Å². The fourth-order valence-corrected chi connectivity index (χ4v) is 4.12. The second-order valence-electron chi connectivity index (χ2n) is 7.12. The highest BCUT2D eigenvalue weighted by Crippen LogP contribution is 2.47. The second-order valence-corrected chi connectivity index (χ2v) is 7.53. The molecule has 3 nitrogen and oxygen atoms in total. The van der Waals surface area contributed by atoms with Crippen molar-refractivity contribution in [3.63, 3.8) is 0 Å². The van der Waals surface area contributed by atoms with Gasteiger partial charge in [-0.05, 0) is 36.0 Å². The highest BCUT2D eigenvalue weighted by atomic mass is 35.5. The number of anilines is 1. The predicted octanol–water partition coefficient (Wildman–Crippen LogP) is 4.27. The Morgan fingerprint density at radius 3 is 2.52 bits per heavy atom. The minimum atomic E-state index is 0.672. The Bertz CT molecular complexity index is 713. The maximum absolute atomic E-state index is 6.14. The predicted molar refractivity (Wildman–Crippen MR) is 104 cm³/mol. The van der Waals surface area contributed by atoms with Gasteiger partial charge in [-0.25, -0.2) is 0 Å². The third-order valence-corrected chi connectivity index (χ3v) is 5.83. The van der Waals surface area contributed by atoms with Crippen molar-refractivity contribution in [3.8, 4) is 5.75 Å². The largest absolute Gasteiger partial charge is 0.495 e. The molecule has 1 saturated heterocycles. The molecule has 1 aliphatic heterocycles. The van der Waals surface area contributed by atoms with Crippen LogP contribution in [0.25, 0.3) is 0 Å². The summed E-state index contributed by atoms with van der Waals surface area (Å²) in [5, 5.41) is 0.672. The number of ether oxygens (including phenoxy) is 1. The summed E-state index contributed by atoms with van der Waals surface area (Å²) in [6, 6.07) is 17.0. The van der Waals surface area contributed by atoms with E-state index in [-0.39, 0.29) is 0 Å². The molecule has 2 atom stereocenters. The monoisotopic (exact) mass is 356 g/mol. The van der Waals surface area contributed by atoms with Crippen LogP contribution < -0.4 is 9.64 Å². The van der Waals surface area contributed by atoms with Gasteiger partial charge in [-0.15, -0.1) is 0 Å². The van der Waals surface area contributed by atoms with Crippen LogP contribution in [0.3, 0.4) is 0 Å². The van der Waals surface area contributed by atoms with E-state index in [0.717, 1.165) is 43.8 Å². The highest BCUT2D eigenvalue weighted by molar-refractivity contribution is 6.32. The van der Waals surface area contributed by atoms with Gasteiger partial charge in [-0.3, -0.25) is 4.90 Å². The van der Waals surface area contributed by atoms with Gasteiger partial charge < -0.3 is 9.64 Å². The van der Waals surface area contributed by atoms with Gasteiger partial charge in [0.25, 0.3) is 0 Å². The summed E-state index contributed by atoms with van der Waals surface area (Å²) in [6.07, 6.45) is 1.35. The molecule has 0 unspecified atom stereocenters. The molecule has 2 aromatic rings. The molecule has 1 heterocycles. The Balaban J connectivity index is 1.29. The summed E-state index contributed by atoms with van der Waals surface area (Å²) in [4.78, 5) is 5.05. The summed E-state index contributed by atoms with van der Waals surface area (Å²) in [5.41, 5.74) is 2.72. The van der Waals surface area contributed by atoms with E-state index in [0.29, 0.717) is 5.02 Å². The van der Waals surface area contributed by atoms with Gasteiger partial charge in [0.15, 0.2) is 0 Å². The summed E-state index contributed by atoms with van der Waals surface area (Å²) in [7, 11) is 1.67. The molecule has 0 amide bonds. The van der Waals surface area contributed by atoms with Crippen LogP contribution >= 0.6 is 11.6 Å². The van der Waals surface area contributed by atoms with Gasteiger partial charge in [0.05, 0.1) is 12.1 Å². The molecule has 4 heteroatoms. The van der Waals surface area contributed by atoms with E-state index in [4.69, 9.17) is 16.3 Å². The Morgan fingerprint density at radius 1 is 1.04 bits per heavy atom. The average Bonchev–Trinajstić information content (AvgIpc) is 3.43. The van der Waals surface area contributed by atoms with Crippen LogP contribution in [0.5, 0.6) is 5.75 Å². The SMILES string of the molecule is COc1cc(N2CCN(C[C@@H]3C[C@H]3c3ccccc3)CC2)ccc1Cl. The topological polar surface area (TPSA) is 15.7 Å². The lowest BCUT2D eigenvalue weighted by molar-refractivity contribution is 0.246.